The van der Waals surface area contributed by atoms with E-state index >= 15 is 0 Å². The number of carbonyl (C=O) groups excluding carboxylic acids is 2. The van der Waals surface area contributed by atoms with Gasteiger partial charge < -0.3 is 30.7 Å². The van der Waals surface area contributed by atoms with Crippen molar-refractivity contribution in [1.29, 1.82) is 0 Å². The molecule has 0 bridgehead atoms. The Morgan fingerprint density at radius 1 is 1.38 bits per heavy atom. The van der Waals surface area contributed by atoms with E-state index in [0.29, 0.717) is 22.3 Å². The van der Waals surface area contributed by atoms with Gasteiger partial charge in [0.15, 0.2) is 0 Å². The van der Waals surface area contributed by atoms with Gasteiger partial charge in [0.1, 0.15) is 17.1 Å². The molecule has 0 spiro atoms. The number of unbranched alkanes of at least 4 members (excludes halogenated alkanes) is 1. The van der Waals surface area contributed by atoms with Gasteiger partial charge in [0.25, 0.3) is 11.6 Å². The normalized spacial score (nSPS) is 22.5. The van der Waals surface area contributed by atoms with E-state index in [1.165, 1.54) is 30.6 Å². The van der Waals surface area contributed by atoms with Gasteiger partial charge in [0.2, 0.25) is 10.3 Å². The molecule has 2 aliphatic rings. The molecule has 1 fully saturated rings. The average Bonchev–Trinajstić information content (AvgIpc) is 2.80. The fraction of sp³-hybridized carbons (Fsp3) is 0.650. The molecule has 2 heterocycles. The predicted molar refractivity (Wildman–Crippen MR) is 131 cm³/mol. The number of fused-ring (bicyclic) bond motifs is 1. The summed E-state index contributed by atoms with van der Waals surface area (Å²) in [5, 5.41) is 20.4. The van der Waals surface area contributed by atoms with Crippen molar-refractivity contribution in [1.82, 2.24) is 10.2 Å². The number of nitrogens with one attached hydrogen (secondary N) is 1. The maximum absolute atomic E-state index is 13.0. The number of hydrogen-bond acceptors (Lipinski definition) is 10. The molecule has 1 saturated heterocycles. The molecular weight excluding hydrogens is 506 g/mol. The molecule has 1 unspecified atom stereocenters. The molecule has 0 aromatic rings. The van der Waals surface area contributed by atoms with Gasteiger partial charge >= 0.3 is 11.9 Å². The van der Waals surface area contributed by atoms with Crippen LogP contribution >= 0.6 is 35.7 Å². The Morgan fingerprint density at radius 2 is 2.09 bits per heavy atom. The number of rotatable bonds is 13. The number of amides is 2. The zero-order valence-corrected chi connectivity index (χ0v) is 21.4. The Bertz CT molecular complexity index is 868. The van der Waals surface area contributed by atoms with Gasteiger partial charge in [0.05, 0.1) is 6.61 Å². The monoisotopic (exact) mass is 535 g/mol. The fourth-order valence-corrected chi connectivity index (χ4v) is 5.94. The Balaban J connectivity index is 2.06. The highest BCUT2D eigenvalue weighted by molar-refractivity contribution is 8.22. The van der Waals surface area contributed by atoms with Crippen LogP contribution in [0.25, 0.3) is 0 Å². The van der Waals surface area contributed by atoms with E-state index in [2.05, 4.69) is 5.32 Å². The minimum Gasteiger partial charge on any atom is -0.480 e. The molecule has 0 aromatic heterocycles. The van der Waals surface area contributed by atoms with Crippen LogP contribution in [0.1, 0.15) is 39.0 Å². The SMILES string of the molecule is CCCCOC(=S)SCC1=C(C(=O)O)N2C(=O)[C@](NC(=O)CCCC(N)C(=O)O)(OC)[C@@H]2SC1. The van der Waals surface area contributed by atoms with E-state index in [9.17, 15) is 24.3 Å². The third-order valence-corrected chi connectivity index (χ3v) is 7.97. The third kappa shape index (κ3) is 6.42. The van der Waals surface area contributed by atoms with Gasteiger partial charge in [-0.15, -0.1) is 11.8 Å². The zero-order chi connectivity index (χ0) is 25.5. The number of hydrogen-bond donors (Lipinski definition) is 4. The third-order valence-electron chi connectivity index (χ3n) is 5.28. The summed E-state index contributed by atoms with van der Waals surface area (Å²) in [5.41, 5.74) is 4.11. The van der Waals surface area contributed by atoms with Gasteiger partial charge in [-0.2, -0.15) is 0 Å². The first-order chi connectivity index (χ1) is 16.1. The Kier molecular flexibility index (Phi) is 10.6. The minimum atomic E-state index is -1.70. The van der Waals surface area contributed by atoms with E-state index in [0.717, 1.165) is 17.7 Å². The largest absolute Gasteiger partial charge is 0.480 e. The number of aliphatic carboxylic acids is 2. The van der Waals surface area contributed by atoms with E-state index < -0.39 is 40.9 Å². The molecule has 0 aliphatic carbocycles. The van der Waals surface area contributed by atoms with Crippen LogP contribution in [0.15, 0.2) is 11.3 Å². The maximum atomic E-state index is 13.0. The van der Waals surface area contributed by atoms with Crippen LogP contribution in [0, 0.1) is 0 Å². The van der Waals surface area contributed by atoms with Crippen molar-refractivity contribution in [3.63, 3.8) is 0 Å². The highest BCUT2D eigenvalue weighted by atomic mass is 32.2. The maximum Gasteiger partial charge on any atom is 0.352 e. The van der Waals surface area contributed by atoms with Gasteiger partial charge in [-0.05, 0) is 37.1 Å². The molecule has 14 heteroatoms. The molecule has 0 radical (unpaired) electrons. The summed E-state index contributed by atoms with van der Waals surface area (Å²) in [4.78, 5) is 49.4. The van der Waals surface area contributed by atoms with Gasteiger partial charge in [-0.25, -0.2) is 4.79 Å². The van der Waals surface area contributed by atoms with Crippen molar-refractivity contribution >= 4 is 63.9 Å². The van der Waals surface area contributed by atoms with E-state index in [-0.39, 0.29) is 30.7 Å². The fourth-order valence-electron chi connectivity index (χ4n) is 3.42. The van der Waals surface area contributed by atoms with Crippen LogP contribution in [0.5, 0.6) is 0 Å². The molecule has 190 valence electrons. The summed E-state index contributed by atoms with van der Waals surface area (Å²) in [5.74, 6) is -3.08. The van der Waals surface area contributed by atoms with Crippen molar-refractivity contribution in [2.75, 3.05) is 25.2 Å². The van der Waals surface area contributed by atoms with E-state index in [1.54, 1.807) is 0 Å². The van der Waals surface area contributed by atoms with Gasteiger partial charge in [-0.1, -0.05) is 25.1 Å². The number of nitrogens with zero attached hydrogens (tertiary/aromatic N) is 1. The predicted octanol–water partition coefficient (Wildman–Crippen LogP) is 1.12. The zero-order valence-electron chi connectivity index (χ0n) is 18.9. The molecule has 3 atom stereocenters. The number of β-lactam (4-membered cyclic amide) rings is 1. The molecule has 34 heavy (non-hydrogen) atoms. The number of thioether (sulfide) groups is 2. The highest BCUT2D eigenvalue weighted by Gasteiger charge is 2.66. The quantitative estimate of drug-likeness (QED) is 0.115. The summed E-state index contributed by atoms with van der Waals surface area (Å²) in [6.45, 7) is 2.52. The van der Waals surface area contributed by atoms with Crippen LogP contribution in [0.4, 0.5) is 0 Å². The minimum absolute atomic E-state index is 0.0598. The van der Waals surface area contributed by atoms with Crippen LogP contribution in [-0.4, -0.2) is 85.6 Å². The topological polar surface area (TPSA) is 168 Å². The molecule has 2 rings (SSSR count). The average molecular weight is 536 g/mol. The molecule has 2 amide bonds. The number of carbonyl (C=O) groups is 4. The van der Waals surface area contributed by atoms with Crippen LogP contribution in [0.2, 0.25) is 0 Å². The van der Waals surface area contributed by atoms with Crippen LogP contribution in [-0.2, 0) is 28.7 Å². The Hall–Kier alpha value is -1.87. The Morgan fingerprint density at radius 3 is 2.68 bits per heavy atom. The summed E-state index contributed by atoms with van der Waals surface area (Å²) in [6.07, 6.45) is 2.06. The number of methoxy groups -OCH3 is 1. The summed E-state index contributed by atoms with van der Waals surface area (Å²) in [7, 11) is 1.26. The first-order valence-electron chi connectivity index (χ1n) is 10.6. The van der Waals surface area contributed by atoms with Crippen molar-refractivity contribution in [3.8, 4) is 0 Å². The Labute approximate surface area is 211 Å². The number of thiocarbonyl (C=S) groups is 1. The molecule has 0 saturated carbocycles. The lowest BCUT2D eigenvalue weighted by Gasteiger charge is -2.55. The lowest BCUT2D eigenvalue weighted by Crippen LogP contribution is -2.80. The van der Waals surface area contributed by atoms with Crippen LogP contribution < -0.4 is 11.1 Å². The lowest BCUT2D eigenvalue weighted by atomic mass is 9.98. The highest BCUT2D eigenvalue weighted by Crippen LogP contribution is 2.47. The first-order valence-corrected chi connectivity index (χ1v) is 13.1. The number of nitrogens with two attached hydrogens (primary N) is 1. The molecule has 0 aromatic carbocycles. The van der Waals surface area contributed by atoms with Gasteiger partial charge in [-0.3, -0.25) is 19.3 Å². The summed E-state index contributed by atoms with van der Waals surface area (Å²) in [6, 6.07) is -1.08. The van der Waals surface area contributed by atoms with Crippen molar-refractivity contribution < 1.29 is 38.9 Å². The lowest BCUT2D eigenvalue weighted by molar-refractivity contribution is -0.192. The van der Waals surface area contributed by atoms with Crippen molar-refractivity contribution in [3.05, 3.63) is 11.3 Å². The molecule has 5 N–H and O–H groups in total. The molecule has 11 nitrogen and oxygen atoms in total. The van der Waals surface area contributed by atoms with Gasteiger partial charge in [0, 0.05) is 25.0 Å². The summed E-state index contributed by atoms with van der Waals surface area (Å²) >= 11 is 7.64. The molecular formula is C20H29N3O8S3. The summed E-state index contributed by atoms with van der Waals surface area (Å²) < 4.78 is 11.1. The number of ether oxygens (including phenoxy) is 2. The number of carboxylic acid groups (broad SMARTS) is 2. The molecule has 2 aliphatic heterocycles. The second-order valence-corrected chi connectivity index (χ2v) is 10.3. The van der Waals surface area contributed by atoms with Crippen molar-refractivity contribution in [2.24, 2.45) is 5.73 Å². The standard InChI is InChI=1S/C20H29N3O8S3/c1-3-4-8-31-19(32)34-10-11-9-33-18-20(30-2,17(29)23(18)14(11)16(27)28)22-13(24)7-5-6-12(21)15(25)26/h12,18H,3-10,21H2,1-2H3,(H,22,24)(H,25,26)(H,27,28)/t12?,18-,20-/m0/s1. The number of carboxylic acids is 2. The smallest absolute Gasteiger partial charge is 0.352 e. The van der Waals surface area contributed by atoms with Crippen molar-refractivity contribution in [2.45, 2.75) is 56.2 Å². The second-order valence-electron chi connectivity index (χ2n) is 7.66. The van der Waals surface area contributed by atoms with Crippen LogP contribution in [0.3, 0.4) is 0 Å². The van der Waals surface area contributed by atoms with E-state index in [1.807, 2.05) is 6.92 Å². The first kappa shape index (κ1) is 28.4. The van der Waals surface area contributed by atoms with E-state index in [4.69, 9.17) is 32.5 Å². The second kappa shape index (κ2) is 12.7.